The van der Waals surface area contributed by atoms with E-state index in [1.165, 1.54) is 33.6 Å². The molecule has 1 amide bonds. The van der Waals surface area contributed by atoms with Gasteiger partial charge in [0.25, 0.3) is 5.56 Å². The van der Waals surface area contributed by atoms with Crippen LogP contribution in [-0.4, -0.2) is 27.0 Å². The predicted octanol–water partition coefficient (Wildman–Crippen LogP) is 4.15. The van der Waals surface area contributed by atoms with Gasteiger partial charge in [-0.25, -0.2) is 9.78 Å². The predicted molar refractivity (Wildman–Crippen MR) is 125 cm³/mol. The van der Waals surface area contributed by atoms with Crippen LogP contribution in [-0.2, 0) is 16.1 Å². The van der Waals surface area contributed by atoms with Gasteiger partial charge in [0.05, 0.1) is 17.0 Å². The number of benzene rings is 2. The number of carbonyl (C=O) groups is 2. The summed E-state index contributed by atoms with van der Waals surface area (Å²) in [5.41, 5.74) is 2.35. The minimum Gasteiger partial charge on any atom is -0.456 e. The largest absolute Gasteiger partial charge is 0.456 e. The van der Waals surface area contributed by atoms with Crippen molar-refractivity contribution in [3.8, 4) is 0 Å². The molecule has 0 fully saturated rings. The van der Waals surface area contributed by atoms with E-state index in [2.05, 4.69) is 10.3 Å². The molecule has 2 heterocycles. The smallest absolute Gasteiger partial charge is 0.339 e. The highest BCUT2D eigenvalue weighted by Crippen LogP contribution is 2.24. The fourth-order valence-corrected chi connectivity index (χ4v) is 4.50. The molecule has 32 heavy (non-hydrogen) atoms. The van der Waals surface area contributed by atoms with Crippen LogP contribution in [0.25, 0.3) is 4.96 Å². The van der Waals surface area contributed by atoms with Gasteiger partial charge in [-0.15, -0.1) is 23.1 Å². The van der Waals surface area contributed by atoms with Crippen LogP contribution >= 0.6 is 23.1 Å². The highest BCUT2D eigenvalue weighted by atomic mass is 32.2. The number of hydrogen-bond donors (Lipinski definition) is 1. The molecule has 0 spiro atoms. The minimum absolute atomic E-state index is 0.116. The molecule has 7 nitrogen and oxygen atoms in total. The van der Waals surface area contributed by atoms with Crippen LogP contribution in [0.1, 0.15) is 21.6 Å². The summed E-state index contributed by atoms with van der Waals surface area (Å²) in [5, 5.41) is 4.60. The molecule has 9 heteroatoms. The minimum atomic E-state index is -0.541. The molecule has 0 aliphatic carbocycles. The molecular formula is C23H19N3O4S2. The van der Waals surface area contributed by atoms with Crippen LogP contribution in [0.5, 0.6) is 0 Å². The molecule has 0 atom stereocenters. The second-order valence-electron chi connectivity index (χ2n) is 6.92. The first kappa shape index (κ1) is 21.8. The maximum atomic E-state index is 12.7. The van der Waals surface area contributed by atoms with Crippen LogP contribution in [0.4, 0.5) is 5.69 Å². The fourth-order valence-electron chi connectivity index (χ4n) is 2.92. The maximum absolute atomic E-state index is 12.7. The number of aromatic nitrogens is 2. The molecular weight excluding hydrogens is 446 g/mol. The van der Waals surface area contributed by atoms with Crippen molar-refractivity contribution < 1.29 is 14.3 Å². The summed E-state index contributed by atoms with van der Waals surface area (Å²) in [6, 6.07) is 15.8. The van der Waals surface area contributed by atoms with Crippen molar-refractivity contribution in [2.24, 2.45) is 0 Å². The second-order valence-corrected chi connectivity index (χ2v) is 8.81. The number of ether oxygens (including phenoxy) is 1. The summed E-state index contributed by atoms with van der Waals surface area (Å²) in [6.45, 7) is 1.86. The number of thioether (sulfide) groups is 1. The lowest BCUT2D eigenvalue weighted by atomic mass is 10.2. The van der Waals surface area contributed by atoms with Crippen molar-refractivity contribution in [1.82, 2.24) is 9.38 Å². The molecule has 1 N–H and O–H groups in total. The van der Waals surface area contributed by atoms with Crippen LogP contribution in [0.2, 0.25) is 0 Å². The Morgan fingerprint density at radius 3 is 2.75 bits per heavy atom. The molecule has 0 aliphatic heterocycles. The maximum Gasteiger partial charge on any atom is 0.339 e. The van der Waals surface area contributed by atoms with Crippen LogP contribution in [0.15, 0.2) is 75.9 Å². The van der Waals surface area contributed by atoms with Crippen LogP contribution in [0, 0.1) is 6.92 Å². The standard InChI is InChI=1S/C23H19N3O4S2/c1-15-6-8-16(9-7-15)24-20(27)14-32-19-5-3-2-4-18(19)22(29)30-13-17-12-21(28)26-10-11-31-23(26)25-17/h2-12H,13-14H2,1H3,(H,24,27). The zero-order chi connectivity index (χ0) is 22.5. The van der Waals surface area contributed by atoms with Gasteiger partial charge in [-0.2, -0.15) is 0 Å². The van der Waals surface area contributed by atoms with E-state index in [9.17, 15) is 14.4 Å². The number of rotatable bonds is 7. The number of thiazole rings is 1. The molecule has 0 unspecified atom stereocenters. The van der Waals surface area contributed by atoms with E-state index < -0.39 is 5.97 Å². The highest BCUT2D eigenvalue weighted by molar-refractivity contribution is 8.00. The lowest BCUT2D eigenvalue weighted by Gasteiger charge is -2.10. The molecule has 2 aromatic carbocycles. The summed E-state index contributed by atoms with van der Waals surface area (Å²) >= 11 is 2.58. The third-order valence-corrected chi connectivity index (χ3v) is 6.34. The zero-order valence-electron chi connectivity index (χ0n) is 17.1. The van der Waals surface area contributed by atoms with Crippen LogP contribution < -0.4 is 10.9 Å². The van der Waals surface area contributed by atoms with Gasteiger partial charge >= 0.3 is 5.97 Å². The van der Waals surface area contributed by atoms with Crippen molar-refractivity contribution in [1.29, 1.82) is 0 Å². The highest BCUT2D eigenvalue weighted by Gasteiger charge is 2.15. The Balaban J connectivity index is 1.38. The van der Waals surface area contributed by atoms with Crippen molar-refractivity contribution >= 4 is 45.6 Å². The van der Waals surface area contributed by atoms with Gasteiger partial charge in [-0.3, -0.25) is 14.0 Å². The Morgan fingerprint density at radius 2 is 1.94 bits per heavy atom. The first-order valence-corrected chi connectivity index (χ1v) is 11.6. The first-order chi connectivity index (χ1) is 15.5. The zero-order valence-corrected chi connectivity index (χ0v) is 18.7. The Bertz CT molecular complexity index is 1330. The van der Waals surface area contributed by atoms with Crippen molar-refractivity contribution in [2.75, 3.05) is 11.1 Å². The second kappa shape index (κ2) is 9.80. The SMILES string of the molecule is Cc1ccc(NC(=O)CSc2ccccc2C(=O)OCc2cc(=O)n3ccsc3n2)cc1. The molecule has 162 valence electrons. The van der Waals surface area contributed by atoms with Gasteiger partial charge in [0, 0.05) is 28.2 Å². The van der Waals surface area contributed by atoms with E-state index in [0.717, 1.165) is 11.3 Å². The monoisotopic (exact) mass is 465 g/mol. The number of esters is 1. The molecule has 0 radical (unpaired) electrons. The molecule has 0 saturated carbocycles. The summed E-state index contributed by atoms with van der Waals surface area (Å²) in [4.78, 5) is 42.5. The lowest BCUT2D eigenvalue weighted by Crippen LogP contribution is -2.15. The number of anilines is 1. The number of aryl methyl sites for hydroxylation is 1. The van der Waals surface area contributed by atoms with E-state index in [-0.39, 0.29) is 23.8 Å². The van der Waals surface area contributed by atoms with Gasteiger partial charge < -0.3 is 10.1 Å². The molecule has 4 aromatic rings. The summed E-state index contributed by atoms with van der Waals surface area (Å²) in [6.07, 6.45) is 1.65. The third-order valence-electron chi connectivity index (χ3n) is 4.51. The number of carbonyl (C=O) groups excluding carboxylic acids is 2. The van der Waals surface area contributed by atoms with E-state index in [1.807, 2.05) is 31.2 Å². The average molecular weight is 466 g/mol. The van der Waals surface area contributed by atoms with Crippen LogP contribution in [0.3, 0.4) is 0 Å². The number of hydrogen-bond acceptors (Lipinski definition) is 7. The Hall–Kier alpha value is -3.43. The Morgan fingerprint density at radius 1 is 1.16 bits per heavy atom. The quantitative estimate of drug-likeness (QED) is 0.326. The normalized spacial score (nSPS) is 10.8. The third kappa shape index (κ3) is 5.24. The summed E-state index contributed by atoms with van der Waals surface area (Å²) in [5.74, 6) is -0.567. The van der Waals surface area contributed by atoms with Gasteiger partial charge in [0.15, 0.2) is 4.96 Å². The number of nitrogens with one attached hydrogen (secondary N) is 1. The van der Waals surface area contributed by atoms with Gasteiger partial charge in [-0.05, 0) is 31.2 Å². The van der Waals surface area contributed by atoms with E-state index in [4.69, 9.17) is 4.74 Å². The lowest BCUT2D eigenvalue weighted by molar-refractivity contribution is -0.113. The topological polar surface area (TPSA) is 89.8 Å². The van der Waals surface area contributed by atoms with Gasteiger partial charge in [-0.1, -0.05) is 29.8 Å². The Kier molecular flexibility index (Phi) is 6.67. The molecule has 0 saturated heterocycles. The van der Waals surface area contributed by atoms with Gasteiger partial charge in [0.2, 0.25) is 5.91 Å². The van der Waals surface area contributed by atoms with Gasteiger partial charge in [0.1, 0.15) is 6.61 Å². The molecule has 4 rings (SSSR count). The summed E-state index contributed by atoms with van der Waals surface area (Å²) in [7, 11) is 0. The summed E-state index contributed by atoms with van der Waals surface area (Å²) < 4.78 is 6.82. The van der Waals surface area contributed by atoms with Crippen molar-refractivity contribution in [3.63, 3.8) is 0 Å². The van der Waals surface area contributed by atoms with E-state index >= 15 is 0 Å². The number of fused-ring (bicyclic) bond motifs is 1. The van der Waals surface area contributed by atoms with E-state index in [0.29, 0.717) is 21.1 Å². The molecule has 2 aromatic heterocycles. The molecule has 0 aliphatic rings. The number of amides is 1. The average Bonchev–Trinajstić information content (AvgIpc) is 3.27. The first-order valence-electron chi connectivity index (χ1n) is 9.71. The fraction of sp³-hybridized carbons (Fsp3) is 0.130. The van der Waals surface area contributed by atoms with E-state index in [1.54, 1.807) is 35.8 Å². The molecule has 0 bridgehead atoms. The number of nitrogens with zero attached hydrogens (tertiary/aromatic N) is 2. The van der Waals surface area contributed by atoms with Crippen molar-refractivity contribution in [2.45, 2.75) is 18.4 Å². The van der Waals surface area contributed by atoms with Crippen molar-refractivity contribution in [3.05, 3.63) is 93.3 Å². The Labute approximate surface area is 192 Å².